The Morgan fingerprint density at radius 3 is 2.85 bits per heavy atom. The quantitative estimate of drug-likeness (QED) is 0.662. The fourth-order valence-corrected chi connectivity index (χ4v) is 3.96. The van der Waals surface area contributed by atoms with Crippen LogP contribution in [0.1, 0.15) is 43.8 Å². The van der Waals surface area contributed by atoms with E-state index in [2.05, 4.69) is 20.8 Å². The summed E-state index contributed by atoms with van der Waals surface area (Å²) in [5.74, 6) is 0.387. The van der Waals surface area contributed by atoms with Crippen LogP contribution in [0.3, 0.4) is 0 Å². The fraction of sp³-hybridized carbons (Fsp3) is 0.682. The van der Waals surface area contributed by atoms with Crippen LogP contribution in [0.15, 0.2) is 10.7 Å². The molecule has 0 aliphatic carbocycles. The molecule has 0 spiro atoms. The van der Waals surface area contributed by atoms with Crippen LogP contribution in [0.25, 0.3) is 0 Å². The predicted molar refractivity (Wildman–Crippen MR) is 123 cm³/mol. The van der Waals surface area contributed by atoms with Crippen molar-refractivity contribution < 1.29 is 24.0 Å². The van der Waals surface area contributed by atoms with Crippen LogP contribution in [0.5, 0.6) is 0 Å². The van der Waals surface area contributed by atoms with Crippen LogP contribution in [0.2, 0.25) is 0 Å². The second kappa shape index (κ2) is 11.4. The molecule has 0 aromatic carbocycles. The van der Waals surface area contributed by atoms with Gasteiger partial charge in [-0.2, -0.15) is 0 Å². The van der Waals surface area contributed by atoms with Crippen molar-refractivity contribution in [2.24, 2.45) is 5.92 Å². The van der Waals surface area contributed by atoms with Crippen LogP contribution < -0.4 is 5.32 Å². The molecule has 0 saturated heterocycles. The number of carbonyl (C=O) groups excluding carboxylic acids is 2. The summed E-state index contributed by atoms with van der Waals surface area (Å²) in [6.07, 6.45) is 2.24. The van der Waals surface area contributed by atoms with Gasteiger partial charge in [-0.05, 0) is 27.2 Å². The number of aliphatic hydroxyl groups is 1. The zero-order valence-electron chi connectivity index (χ0n) is 20.5. The molecular weight excluding hydrogens is 442 g/mol. The molecule has 3 atom stereocenters. The normalized spacial score (nSPS) is 20.8. The van der Waals surface area contributed by atoms with Gasteiger partial charge in [0, 0.05) is 39.0 Å². The summed E-state index contributed by atoms with van der Waals surface area (Å²) in [5.41, 5.74) is 1.96. The van der Waals surface area contributed by atoms with Gasteiger partial charge in [0.1, 0.15) is 11.4 Å². The average molecular weight is 478 g/mol. The first-order valence-electron chi connectivity index (χ1n) is 11.6. The number of hydrogen-bond acceptors (Lipinski definition) is 8. The molecule has 34 heavy (non-hydrogen) atoms. The average Bonchev–Trinajstić information content (AvgIpc) is 3.39. The predicted octanol–water partition coefficient (Wildman–Crippen LogP) is 1.57. The SMILES string of the molecule is Cc1noc(C)c1NC(=O)N(C)C[C@H]1OCc2cnnn2CCCC(=O)N([C@H](C)CO)C[C@@H]1C. The molecule has 3 heterocycles. The second-order valence-electron chi connectivity index (χ2n) is 8.97. The van der Waals surface area contributed by atoms with Crippen molar-refractivity contribution in [2.75, 3.05) is 32.1 Å². The monoisotopic (exact) mass is 477 g/mol. The minimum absolute atomic E-state index is 0.0288. The molecule has 12 heteroatoms. The van der Waals surface area contributed by atoms with E-state index in [0.29, 0.717) is 43.1 Å². The molecule has 3 amide bonds. The Hall–Kier alpha value is -2.99. The van der Waals surface area contributed by atoms with Crippen LogP contribution in [-0.4, -0.2) is 85.9 Å². The van der Waals surface area contributed by atoms with Crippen molar-refractivity contribution in [1.82, 2.24) is 30.0 Å². The molecular formula is C22H35N7O5. The van der Waals surface area contributed by atoms with Crippen LogP contribution in [0, 0.1) is 19.8 Å². The molecule has 188 valence electrons. The molecule has 3 rings (SSSR count). The van der Waals surface area contributed by atoms with E-state index in [-0.39, 0.29) is 49.8 Å². The van der Waals surface area contributed by atoms with Crippen molar-refractivity contribution in [3.8, 4) is 0 Å². The van der Waals surface area contributed by atoms with E-state index >= 15 is 0 Å². The van der Waals surface area contributed by atoms with Crippen molar-refractivity contribution >= 4 is 17.6 Å². The molecule has 1 aliphatic heterocycles. The molecule has 2 N–H and O–H groups in total. The highest BCUT2D eigenvalue weighted by molar-refractivity contribution is 5.90. The first kappa shape index (κ1) is 25.6. The number of aliphatic hydroxyl groups excluding tert-OH is 1. The van der Waals surface area contributed by atoms with E-state index in [1.54, 1.807) is 36.7 Å². The maximum Gasteiger partial charge on any atom is 0.321 e. The third-order valence-electron chi connectivity index (χ3n) is 6.21. The summed E-state index contributed by atoms with van der Waals surface area (Å²) in [4.78, 5) is 29.1. The van der Waals surface area contributed by atoms with Gasteiger partial charge in [-0.25, -0.2) is 9.48 Å². The lowest BCUT2D eigenvalue weighted by atomic mass is 10.0. The standard InChI is InChI=1S/C22H35N7O5/c1-14-10-28(15(2)12-30)20(31)7-6-8-29-18(9-23-26-29)13-33-19(14)11-27(5)22(32)24-21-16(3)25-34-17(21)4/h9,14-15,19,30H,6-8,10-13H2,1-5H3,(H,24,32)/t14-,15+,19+/m0/s1. The van der Waals surface area contributed by atoms with Crippen molar-refractivity contribution in [3.63, 3.8) is 0 Å². The fourth-order valence-electron chi connectivity index (χ4n) is 3.96. The molecule has 0 saturated carbocycles. The highest BCUT2D eigenvalue weighted by Crippen LogP contribution is 2.21. The minimum atomic E-state index is -0.385. The Kier molecular flexibility index (Phi) is 8.61. The lowest BCUT2D eigenvalue weighted by Gasteiger charge is -2.35. The highest BCUT2D eigenvalue weighted by Gasteiger charge is 2.29. The summed E-state index contributed by atoms with van der Waals surface area (Å²) in [6.45, 7) is 8.69. The summed E-state index contributed by atoms with van der Waals surface area (Å²) in [6, 6.07) is -0.638. The van der Waals surface area contributed by atoms with Gasteiger partial charge in [-0.15, -0.1) is 5.10 Å². The number of carbonyl (C=O) groups is 2. The number of ether oxygens (including phenoxy) is 1. The topological polar surface area (TPSA) is 139 Å². The first-order valence-corrected chi connectivity index (χ1v) is 11.6. The van der Waals surface area contributed by atoms with Gasteiger partial charge in [0.25, 0.3) is 0 Å². The Morgan fingerprint density at radius 1 is 1.41 bits per heavy atom. The van der Waals surface area contributed by atoms with Crippen molar-refractivity contribution in [3.05, 3.63) is 23.3 Å². The summed E-state index contributed by atoms with van der Waals surface area (Å²) in [5, 5.41) is 24.5. The van der Waals surface area contributed by atoms with Crippen LogP contribution >= 0.6 is 0 Å². The number of fused-ring (bicyclic) bond motifs is 1. The van der Waals surface area contributed by atoms with Gasteiger partial charge >= 0.3 is 6.03 Å². The van der Waals surface area contributed by atoms with Gasteiger partial charge in [-0.1, -0.05) is 17.3 Å². The molecule has 0 radical (unpaired) electrons. The Morgan fingerprint density at radius 2 is 2.18 bits per heavy atom. The number of aromatic nitrogens is 4. The molecule has 0 fully saturated rings. The number of urea groups is 1. The van der Waals surface area contributed by atoms with E-state index in [9.17, 15) is 14.7 Å². The molecule has 2 aromatic rings. The summed E-state index contributed by atoms with van der Waals surface area (Å²) in [7, 11) is 1.69. The second-order valence-corrected chi connectivity index (χ2v) is 8.97. The molecule has 12 nitrogen and oxygen atoms in total. The zero-order chi connectivity index (χ0) is 24.8. The van der Waals surface area contributed by atoms with Gasteiger partial charge in [0.2, 0.25) is 5.91 Å². The number of nitrogens with one attached hydrogen (secondary N) is 1. The van der Waals surface area contributed by atoms with Gasteiger partial charge in [-0.3, -0.25) is 4.79 Å². The first-order chi connectivity index (χ1) is 16.2. The number of nitrogens with zero attached hydrogens (tertiary/aromatic N) is 6. The van der Waals surface area contributed by atoms with E-state index in [1.165, 1.54) is 4.90 Å². The third kappa shape index (κ3) is 6.11. The number of aryl methyl sites for hydroxylation is 3. The van der Waals surface area contributed by atoms with Crippen molar-refractivity contribution in [1.29, 1.82) is 0 Å². The lowest BCUT2D eigenvalue weighted by Crippen LogP contribution is -2.48. The van der Waals surface area contributed by atoms with Gasteiger partial charge in [0.15, 0.2) is 5.76 Å². The summed E-state index contributed by atoms with van der Waals surface area (Å²) >= 11 is 0. The minimum Gasteiger partial charge on any atom is -0.394 e. The Labute approximate surface area is 199 Å². The number of amides is 3. The van der Waals surface area contributed by atoms with E-state index in [0.717, 1.165) is 5.69 Å². The van der Waals surface area contributed by atoms with E-state index < -0.39 is 0 Å². The van der Waals surface area contributed by atoms with Gasteiger partial charge in [0.05, 0.1) is 37.3 Å². The maximum atomic E-state index is 12.9. The lowest BCUT2D eigenvalue weighted by molar-refractivity contribution is -0.136. The smallest absolute Gasteiger partial charge is 0.321 e. The third-order valence-corrected chi connectivity index (χ3v) is 6.21. The summed E-state index contributed by atoms with van der Waals surface area (Å²) < 4.78 is 13.1. The van der Waals surface area contributed by atoms with Gasteiger partial charge < -0.3 is 29.5 Å². The number of anilines is 1. The zero-order valence-corrected chi connectivity index (χ0v) is 20.5. The van der Waals surface area contributed by atoms with Crippen molar-refractivity contribution in [2.45, 2.75) is 65.8 Å². The molecule has 0 bridgehead atoms. The Bertz CT molecular complexity index is 955. The molecule has 1 aliphatic rings. The number of rotatable bonds is 5. The number of hydrogen-bond donors (Lipinski definition) is 2. The maximum absolute atomic E-state index is 12.9. The molecule has 2 aromatic heterocycles. The Balaban J connectivity index is 1.78. The molecule has 0 unspecified atom stereocenters. The van der Waals surface area contributed by atoms with E-state index in [1.807, 2.05) is 13.8 Å². The largest absolute Gasteiger partial charge is 0.394 e. The van der Waals surface area contributed by atoms with Crippen LogP contribution in [0.4, 0.5) is 10.5 Å². The van der Waals surface area contributed by atoms with Crippen LogP contribution in [-0.2, 0) is 22.7 Å². The highest BCUT2D eigenvalue weighted by atomic mass is 16.5. The number of likely N-dealkylation sites (N-methyl/N-ethyl adjacent to an activating group) is 1. The van der Waals surface area contributed by atoms with E-state index in [4.69, 9.17) is 9.26 Å².